The van der Waals surface area contributed by atoms with E-state index in [9.17, 15) is 9.90 Å². The second-order valence-electron chi connectivity index (χ2n) is 5.86. The van der Waals surface area contributed by atoms with Crippen LogP contribution in [0.4, 0.5) is 0 Å². The topological polar surface area (TPSA) is 70.9 Å². The number of hydrazone groups is 1. The minimum Gasteiger partial charge on any atom is -0.508 e. The van der Waals surface area contributed by atoms with E-state index in [2.05, 4.69) is 10.5 Å². The molecule has 0 aliphatic heterocycles. The lowest BCUT2D eigenvalue weighted by Crippen LogP contribution is -2.17. The van der Waals surface area contributed by atoms with E-state index in [-0.39, 0.29) is 11.7 Å². The van der Waals surface area contributed by atoms with E-state index in [1.807, 2.05) is 24.3 Å². The number of amides is 1. The molecule has 3 rings (SSSR count). The zero-order chi connectivity index (χ0) is 19.9. The van der Waals surface area contributed by atoms with Gasteiger partial charge in [-0.2, -0.15) is 5.10 Å². The molecule has 3 aromatic carbocycles. The van der Waals surface area contributed by atoms with Gasteiger partial charge < -0.3 is 9.84 Å². The smallest absolute Gasteiger partial charge is 0.271 e. The molecule has 3 aromatic rings. The minimum atomic E-state index is -0.372. The molecule has 0 heterocycles. The minimum absolute atomic E-state index is 0.0951. The molecule has 0 saturated heterocycles. The third-order valence-electron chi connectivity index (χ3n) is 3.76. The van der Waals surface area contributed by atoms with Gasteiger partial charge in [-0.3, -0.25) is 4.79 Å². The van der Waals surface area contributed by atoms with Gasteiger partial charge in [-0.05, 0) is 59.7 Å². The van der Waals surface area contributed by atoms with Crippen LogP contribution in [0.3, 0.4) is 0 Å². The SMILES string of the molecule is O=C(N/N=C/c1cccc(OCc2ccc(Cl)c(Cl)c2)c1)c1ccc(O)cc1. The summed E-state index contributed by atoms with van der Waals surface area (Å²) >= 11 is 11.9. The number of hydrogen-bond acceptors (Lipinski definition) is 4. The fraction of sp³-hybridized carbons (Fsp3) is 0.0476. The summed E-state index contributed by atoms with van der Waals surface area (Å²) in [5.41, 5.74) is 4.49. The molecule has 0 aliphatic carbocycles. The van der Waals surface area contributed by atoms with E-state index >= 15 is 0 Å². The molecule has 0 atom stereocenters. The highest BCUT2D eigenvalue weighted by molar-refractivity contribution is 6.42. The third-order valence-corrected chi connectivity index (χ3v) is 4.50. The monoisotopic (exact) mass is 414 g/mol. The normalized spacial score (nSPS) is 10.8. The number of ether oxygens (including phenoxy) is 1. The van der Waals surface area contributed by atoms with Crippen LogP contribution in [-0.2, 0) is 6.61 Å². The highest BCUT2D eigenvalue weighted by atomic mass is 35.5. The standard InChI is InChI=1S/C21H16Cl2N2O3/c22-19-9-4-15(11-20(19)23)13-28-18-3-1-2-14(10-18)12-24-25-21(27)16-5-7-17(26)8-6-16/h1-12,26H,13H2,(H,25,27)/b24-12+. The lowest BCUT2D eigenvalue weighted by molar-refractivity contribution is 0.0955. The van der Waals surface area contributed by atoms with Crippen molar-refractivity contribution in [3.8, 4) is 11.5 Å². The number of rotatable bonds is 6. The first kappa shape index (κ1) is 19.7. The van der Waals surface area contributed by atoms with Crippen LogP contribution < -0.4 is 10.2 Å². The number of halogens is 2. The van der Waals surface area contributed by atoms with Crippen LogP contribution >= 0.6 is 23.2 Å². The Balaban J connectivity index is 1.58. The largest absolute Gasteiger partial charge is 0.508 e. The Hall–Kier alpha value is -3.02. The summed E-state index contributed by atoms with van der Waals surface area (Å²) in [7, 11) is 0. The van der Waals surface area contributed by atoms with Gasteiger partial charge in [0, 0.05) is 5.56 Å². The van der Waals surface area contributed by atoms with Crippen molar-refractivity contribution in [1.82, 2.24) is 5.43 Å². The van der Waals surface area contributed by atoms with E-state index in [4.69, 9.17) is 27.9 Å². The van der Waals surface area contributed by atoms with Crippen molar-refractivity contribution in [2.75, 3.05) is 0 Å². The van der Waals surface area contributed by atoms with Gasteiger partial charge in [-0.25, -0.2) is 5.43 Å². The van der Waals surface area contributed by atoms with Crippen LogP contribution in [0.25, 0.3) is 0 Å². The maximum absolute atomic E-state index is 12.0. The van der Waals surface area contributed by atoms with Crippen molar-refractivity contribution < 1.29 is 14.6 Å². The first-order chi connectivity index (χ1) is 13.5. The summed E-state index contributed by atoms with van der Waals surface area (Å²) in [5.74, 6) is 0.376. The van der Waals surface area contributed by atoms with E-state index in [1.165, 1.54) is 30.5 Å². The van der Waals surface area contributed by atoms with Crippen molar-refractivity contribution >= 4 is 35.3 Å². The maximum atomic E-state index is 12.0. The molecule has 0 bridgehead atoms. The lowest BCUT2D eigenvalue weighted by Gasteiger charge is -2.08. The van der Waals surface area contributed by atoms with Gasteiger partial charge in [0.2, 0.25) is 0 Å². The summed E-state index contributed by atoms with van der Waals surface area (Å²) in [5, 5.41) is 14.2. The molecule has 0 unspecified atom stereocenters. The third kappa shape index (κ3) is 5.49. The van der Waals surface area contributed by atoms with Gasteiger partial charge in [0.1, 0.15) is 18.1 Å². The number of benzene rings is 3. The van der Waals surface area contributed by atoms with Crippen molar-refractivity contribution in [3.63, 3.8) is 0 Å². The van der Waals surface area contributed by atoms with Crippen LogP contribution in [0, 0.1) is 0 Å². The van der Waals surface area contributed by atoms with Crippen LogP contribution in [0.1, 0.15) is 21.5 Å². The summed E-state index contributed by atoms with van der Waals surface area (Å²) in [6, 6.07) is 18.5. The zero-order valence-corrected chi connectivity index (χ0v) is 16.1. The molecular formula is C21H16Cl2N2O3. The van der Waals surface area contributed by atoms with Gasteiger partial charge in [0.25, 0.3) is 5.91 Å². The van der Waals surface area contributed by atoms with E-state index < -0.39 is 0 Å². The molecule has 0 spiro atoms. The van der Waals surface area contributed by atoms with Crippen molar-refractivity contribution in [2.24, 2.45) is 5.10 Å². The van der Waals surface area contributed by atoms with Crippen molar-refractivity contribution in [2.45, 2.75) is 6.61 Å². The summed E-state index contributed by atoms with van der Waals surface area (Å²) < 4.78 is 5.76. The van der Waals surface area contributed by atoms with Gasteiger partial charge in [0.15, 0.2) is 0 Å². The van der Waals surface area contributed by atoms with Crippen LogP contribution in [0.2, 0.25) is 10.0 Å². The van der Waals surface area contributed by atoms with Crippen LogP contribution in [-0.4, -0.2) is 17.2 Å². The Morgan fingerprint density at radius 2 is 1.82 bits per heavy atom. The Morgan fingerprint density at radius 1 is 1.04 bits per heavy atom. The molecule has 7 heteroatoms. The quantitative estimate of drug-likeness (QED) is 0.438. The summed E-state index contributed by atoms with van der Waals surface area (Å²) in [6.45, 7) is 0.342. The average Bonchev–Trinajstić information content (AvgIpc) is 2.70. The predicted molar refractivity (Wildman–Crippen MR) is 110 cm³/mol. The molecule has 0 radical (unpaired) electrons. The summed E-state index contributed by atoms with van der Waals surface area (Å²) in [6.07, 6.45) is 1.52. The van der Waals surface area contributed by atoms with E-state index in [1.54, 1.807) is 18.2 Å². The molecule has 1 amide bonds. The second-order valence-corrected chi connectivity index (χ2v) is 6.67. The van der Waals surface area contributed by atoms with Gasteiger partial charge in [-0.1, -0.05) is 41.4 Å². The van der Waals surface area contributed by atoms with E-state index in [0.29, 0.717) is 28.0 Å². The number of aromatic hydroxyl groups is 1. The first-order valence-corrected chi connectivity index (χ1v) is 9.06. The van der Waals surface area contributed by atoms with Crippen molar-refractivity contribution in [3.05, 3.63) is 93.5 Å². The van der Waals surface area contributed by atoms with E-state index in [0.717, 1.165) is 11.1 Å². The highest BCUT2D eigenvalue weighted by Gasteiger charge is 2.04. The molecular weight excluding hydrogens is 399 g/mol. The number of phenols is 1. The number of nitrogens with one attached hydrogen (secondary N) is 1. The van der Waals surface area contributed by atoms with Gasteiger partial charge in [0.05, 0.1) is 16.3 Å². The molecule has 5 nitrogen and oxygen atoms in total. The highest BCUT2D eigenvalue weighted by Crippen LogP contribution is 2.23. The van der Waals surface area contributed by atoms with Crippen LogP contribution in [0.15, 0.2) is 71.8 Å². The lowest BCUT2D eigenvalue weighted by atomic mass is 10.2. The average molecular weight is 415 g/mol. The molecule has 0 fully saturated rings. The number of nitrogens with zero attached hydrogens (tertiary/aromatic N) is 1. The van der Waals surface area contributed by atoms with Gasteiger partial charge in [-0.15, -0.1) is 0 Å². The number of phenolic OH excluding ortho intramolecular Hbond substituents is 1. The van der Waals surface area contributed by atoms with Crippen molar-refractivity contribution in [1.29, 1.82) is 0 Å². The molecule has 142 valence electrons. The number of carbonyl (C=O) groups excluding carboxylic acids is 1. The maximum Gasteiger partial charge on any atom is 0.271 e. The zero-order valence-electron chi connectivity index (χ0n) is 14.6. The second kappa shape index (κ2) is 9.26. The van der Waals surface area contributed by atoms with Crippen LogP contribution in [0.5, 0.6) is 11.5 Å². The first-order valence-electron chi connectivity index (χ1n) is 8.30. The number of hydrogen-bond donors (Lipinski definition) is 2. The number of carbonyl (C=O) groups is 1. The molecule has 0 aromatic heterocycles. The summed E-state index contributed by atoms with van der Waals surface area (Å²) in [4.78, 5) is 12.0. The Bertz CT molecular complexity index is 1000. The Kier molecular flexibility index (Phi) is 6.53. The van der Waals surface area contributed by atoms with Gasteiger partial charge >= 0.3 is 0 Å². The Labute approximate surface area is 172 Å². The fourth-order valence-electron chi connectivity index (χ4n) is 2.32. The molecule has 0 aliphatic rings. The fourth-order valence-corrected chi connectivity index (χ4v) is 2.64. The Morgan fingerprint density at radius 3 is 2.57 bits per heavy atom. The molecule has 0 saturated carbocycles. The molecule has 2 N–H and O–H groups in total. The predicted octanol–water partition coefficient (Wildman–Crippen LogP) is 5.04. The molecule has 28 heavy (non-hydrogen) atoms.